The predicted molar refractivity (Wildman–Crippen MR) is 67.6 cm³/mol. The van der Waals surface area contributed by atoms with Crippen LogP contribution < -0.4 is 5.73 Å². The summed E-state index contributed by atoms with van der Waals surface area (Å²) in [5, 5.41) is 0. The van der Waals surface area contributed by atoms with E-state index in [2.05, 4.69) is 24.0 Å². The zero-order chi connectivity index (χ0) is 11.1. The van der Waals surface area contributed by atoms with Crippen LogP contribution in [0, 0.1) is 0 Å². The van der Waals surface area contributed by atoms with Gasteiger partial charge >= 0.3 is 0 Å². The fraction of sp³-hybridized carbons (Fsp3) is 0.462. The molecule has 0 bridgehead atoms. The van der Waals surface area contributed by atoms with Gasteiger partial charge in [0.15, 0.2) is 0 Å². The maximum Gasteiger partial charge on any atom is 0.0403 e. The van der Waals surface area contributed by atoms with Gasteiger partial charge in [-0.25, -0.2) is 0 Å². The summed E-state index contributed by atoms with van der Waals surface area (Å²) >= 11 is 0. The fourth-order valence-corrected chi connectivity index (χ4v) is 1.61. The maximum absolute atomic E-state index is 5.84. The first kappa shape index (κ1) is 11.8. The Bertz CT molecular complexity index is 329. The van der Waals surface area contributed by atoms with Crippen LogP contribution >= 0.6 is 0 Å². The number of unbranched alkanes of at least 4 members (excludes halogenated alkanes) is 2. The van der Waals surface area contributed by atoms with Crippen LogP contribution in [0.2, 0.25) is 0 Å². The molecule has 0 aliphatic carbocycles. The molecule has 82 valence electrons. The number of aliphatic imine (C=N–C) groups is 1. The molecule has 0 aliphatic rings. The minimum atomic E-state index is 0.805. The lowest BCUT2D eigenvalue weighted by Gasteiger charge is -2.04. The number of hydrogen-bond acceptors (Lipinski definition) is 2. The highest BCUT2D eigenvalue weighted by atomic mass is 14.6. The predicted octanol–water partition coefficient (Wildman–Crippen LogP) is 3.05. The molecule has 0 unspecified atom stereocenters. The van der Waals surface area contributed by atoms with Gasteiger partial charge in [0.25, 0.3) is 0 Å². The number of rotatable bonds is 5. The van der Waals surface area contributed by atoms with Crippen molar-refractivity contribution in [1.29, 1.82) is 0 Å². The Balaban J connectivity index is 2.69. The highest BCUT2D eigenvalue weighted by Crippen LogP contribution is 2.14. The molecule has 0 radical (unpaired) electrons. The summed E-state index contributed by atoms with van der Waals surface area (Å²) in [6, 6.07) is 6.22. The van der Waals surface area contributed by atoms with Gasteiger partial charge in [0.1, 0.15) is 0 Å². The topological polar surface area (TPSA) is 38.4 Å². The fourth-order valence-electron chi connectivity index (χ4n) is 1.61. The molecule has 0 aromatic heterocycles. The number of aryl methyl sites for hydroxylation is 1. The van der Waals surface area contributed by atoms with Crippen LogP contribution in [0.4, 0.5) is 5.69 Å². The van der Waals surface area contributed by atoms with Crippen molar-refractivity contribution < 1.29 is 0 Å². The van der Waals surface area contributed by atoms with Crippen molar-refractivity contribution in [3.05, 3.63) is 29.3 Å². The summed E-state index contributed by atoms with van der Waals surface area (Å²) < 4.78 is 0. The zero-order valence-corrected chi connectivity index (χ0v) is 9.66. The Labute approximate surface area is 92.2 Å². The van der Waals surface area contributed by atoms with E-state index in [1.165, 1.54) is 24.8 Å². The molecule has 1 rings (SSSR count). The van der Waals surface area contributed by atoms with Crippen molar-refractivity contribution in [3.8, 4) is 0 Å². The van der Waals surface area contributed by atoms with Gasteiger partial charge in [-0.1, -0.05) is 25.8 Å². The lowest BCUT2D eigenvalue weighted by atomic mass is 10.0. The van der Waals surface area contributed by atoms with Crippen molar-refractivity contribution in [2.24, 2.45) is 4.99 Å². The SMILES string of the molecule is CCCCCc1ccc(N)c(C=NC)c1. The number of benzene rings is 1. The second-order valence-corrected chi connectivity index (χ2v) is 3.81. The molecule has 0 saturated carbocycles. The van der Waals surface area contributed by atoms with E-state index < -0.39 is 0 Å². The van der Waals surface area contributed by atoms with Gasteiger partial charge in [0.05, 0.1) is 0 Å². The van der Waals surface area contributed by atoms with Gasteiger partial charge in [0.2, 0.25) is 0 Å². The van der Waals surface area contributed by atoms with Gasteiger partial charge in [-0.05, 0) is 30.5 Å². The van der Waals surface area contributed by atoms with Gasteiger partial charge in [-0.2, -0.15) is 0 Å². The number of nitrogens with zero attached hydrogens (tertiary/aromatic N) is 1. The first-order valence-electron chi connectivity index (χ1n) is 5.58. The van der Waals surface area contributed by atoms with Crippen molar-refractivity contribution in [2.75, 3.05) is 12.8 Å². The quantitative estimate of drug-likeness (QED) is 0.447. The summed E-state index contributed by atoms with van der Waals surface area (Å²) in [4.78, 5) is 4.00. The molecule has 0 amide bonds. The summed E-state index contributed by atoms with van der Waals surface area (Å²) in [7, 11) is 1.77. The van der Waals surface area contributed by atoms with E-state index in [-0.39, 0.29) is 0 Å². The average Bonchev–Trinajstić information content (AvgIpc) is 2.23. The molecule has 0 atom stereocenters. The molecule has 0 saturated heterocycles. The standard InChI is InChI=1S/C13H20N2/c1-3-4-5-6-11-7-8-13(14)12(9-11)10-15-2/h7-10H,3-6,14H2,1-2H3. The van der Waals surface area contributed by atoms with Crippen LogP contribution in [0.3, 0.4) is 0 Å². The van der Waals surface area contributed by atoms with E-state index in [4.69, 9.17) is 5.73 Å². The van der Waals surface area contributed by atoms with E-state index in [1.807, 2.05) is 12.3 Å². The summed E-state index contributed by atoms with van der Waals surface area (Å²) in [5.41, 5.74) is 9.03. The average molecular weight is 204 g/mol. The maximum atomic E-state index is 5.84. The lowest BCUT2D eigenvalue weighted by molar-refractivity contribution is 0.717. The van der Waals surface area contributed by atoms with Crippen molar-refractivity contribution in [3.63, 3.8) is 0 Å². The number of anilines is 1. The van der Waals surface area contributed by atoms with Crippen molar-refractivity contribution in [2.45, 2.75) is 32.6 Å². The molecule has 2 nitrogen and oxygen atoms in total. The van der Waals surface area contributed by atoms with Gasteiger partial charge in [0, 0.05) is 24.5 Å². The number of hydrogen-bond donors (Lipinski definition) is 1. The van der Waals surface area contributed by atoms with E-state index in [1.54, 1.807) is 7.05 Å². The van der Waals surface area contributed by atoms with E-state index in [9.17, 15) is 0 Å². The minimum absolute atomic E-state index is 0.805. The molecule has 2 N–H and O–H groups in total. The van der Waals surface area contributed by atoms with Crippen LogP contribution in [-0.4, -0.2) is 13.3 Å². The Kier molecular flexibility index (Phi) is 4.88. The first-order valence-corrected chi connectivity index (χ1v) is 5.58. The molecule has 2 heteroatoms. The third-order valence-electron chi connectivity index (χ3n) is 2.49. The first-order chi connectivity index (χ1) is 7.27. The summed E-state index contributed by atoms with van der Waals surface area (Å²) in [6.45, 7) is 2.22. The summed E-state index contributed by atoms with van der Waals surface area (Å²) in [5.74, 6) is 0. The Morgan fingerprint density at radius 2 is 2.13 bits per heavy atom. The molecular weight excluding hydrogens is 184 g/mol. The van der Waals surface area contributed by atoms with Crippen LogP contribution in [0.25, 0.3) is 0 Å². The number of nitrogens with two attached hydrogens (primary N) is 1. The van der Waals surface area contributed by atoms with Gasteiger partial charge in [-0.15, -0.1) is 0 Å². The molecule has 15 heavy (non-hydrogen) atoms. The molecule has 1 aromatic carbocycles. The Hall–Kier alpha value is -1.31. The highest BCUT2D eigenvalue weighted by molar-refractivity contribution is 5.87. The Morgan fingerprint density at radius 1 is 1.33 bits per heavy atom. The van der Waals surface area contributed by atoms with Crippen LogP contribution in [0.5, 0.6) is 0 Å². The van der Waals surface area contributed by atoms with Crippen molar-refractivity contribution >= 4 is 11.9 Å². The Morgan fingerprint density at radius 3 is 2.80 bits per heavy atom. The van der Waals surface area contributed by atoms with Crippen molar-refractivity contribution in [1.82, 2.24) is 0 Å². The molecule has 0 spiro atoms. The highest BCUT2D eigenvalue weighted by Gasteiger charge is 1.98. The second-order valence-electron chi connectivity index (χ2n) is 3.81. The van der Waals surface area contributed by atoms with Crippen LogP contribution in [0.15, 0.2) is 23.2 Å². The smallest absolute Gasteiger partial charge is 0.0403 e. The zero-order valence-electron chi connectivity index (χ0n) is 9.66. The van der Waals surface area contributed by atoms with Gasteiger partial charge in [-0.3, -0.25) is 4.99 Å². The van der Waals surface area contributed by atoms with E-state index in [0.29, 0.717) is 0 Å². The largest absolute Gasteiger partial charge is 0.398 e. The lowest BCUT2D eigenvalue weighted by Crippen LogP contribution is -1.95. The normalized spacial score (nSPS) is 11.1. The molecule has 0 heterocycles. The molecule has 1 aromatic rings. The van der Waals surface area contributed by atoms with Gasteiger partial charge < -0.3 is 5.73 Å². The third kappa shape index (κ3) is 3.74. The molecule has 0 fully saturated rings. The van der Waals surface area contributed by atoms with Crippen LogP contribution in [-0.2, 0) is 6.42 Å². The molecular formula is C13H20N2. The second kappa shape index (κ2) is 6.23. The summed E-state index contributed by atoms with van der Waals surface area (Å²) in [6.07, 6.45) is 6.76. The van der Waals surface area contributed by atoms with E-state index >= 15 is 0 Å². The minimum Gasteiger partial charge on any atom is -0.398 e. The third-order valence-corrected chi connectivity index (χ3v) is 2.49. The monoisotopic (exact) mass is 204 g/mol. The van der Waals surface area contributed by atoms with Crippen LogP contribution in [0.1, 0.15) is 37.3 Å². The molecule has 0 aliphatic heterocycles. The van der Waals surface area contributed by atoms with E-state index in [0.717, 1.165) is 17.7 Å². The number of nitrogen functional groups attached to an aromatic ring is 1.